The van der Waals surface area contributed by atoms with Crippen LogP contribution in [-0.4, -0.2) is 42.8 Å². The number of aryl methyl sites for hydroxylation is 1. The number of aliphatic hydroxyl groups is 1. The van der Waals surface area contributed by atoms with Crippen LogP contribution in [0.5, 0.6) is 0 Å². The van der Waals surface area contributed by atoms with Gasteiger partial charge in [0.25, 0.3) is 0 Å². The lowest BCUT2D eigenvalue weighted by Crippen LogP contribution is -2.49. The van der Waals surface area contributed by atoms with E-state index in [0.717, 1.165) is 36.8 Å². The van der Waals surface area contributed by atoms with E-state index in [9.17, 15) is 5.11 Å². The van der Waals surface area contributed by atoms with Crippen LogP contribution in [0.3, 0.4) is 0 Å². The number of halogens is 1. The Hall–Kier alpha value is -0.610. The molecule has 0 amide bonds. The van der Waals surface area contributed by atoms with E-state index in [4.69, 9.17) is 11.6 Å². The highest BCUT2D eigenvalue weighted by molar-refractivity contribution is 6.31. The molecule has 0 aromatic heterocycles. The van der Waals surface area contributed by atoms with Crippen molar-refractivity contribution < 1.29 is 5.11 Å². The lowest BCUT2D eigenvalue weighted by atomic mass is 9.79. The van der Waals surface area contributed by atoms with E-state index in [1.54, 1.807) is 0 Å². The third kappa shape index (κ3) is 3.34. The Morgan fingerprint density at radius 3 is 2.55 bits per heavy atom. The average Bonchev–Trinajstić information content (AvgIpc) is 2.44. The van der Waals surface area contributed by atoms with Gasteiger partial charge in [0.2, 0.25) is 0 Å². The number of nitrogens with zero attached hydrogens (tertiary/aromatic N) is 1. The van der Waals surface area contributed by atoms with Crippen LogP contribution in [0.2, 0.25) is 5.02 Å². The molecule has 0 unspecified atom stereocenters. The molecular weight excluding hydrogens is 272 g/mol. The normalized spacial score (nSPS) is 19.1. The summed E-state index contributed by atoms with van der Waals surface area (Å²) < 4.78 is 0. The molecule has 0 radical (unpaired) electrons. The van der Waals surface area contributed by atoms with Gasteiger partial charge in [0, 0.05) is 49.3 Å². The van der Waals surface area contributed by atoms with E-state index in [1.807, 2.05) is 13.0 Å². The van der Waals surface area contributed by atoms with Crippen LogP contribution in [0.25, 0.3) is 0 Å². The van der Waals surface area contributed by atoms with Gasteiger partial charge in [-0.3, -0.25) is 4.90 Å². The minimum atomic E-state index is -0.183. The molecule has 2 rings (SSSR count). The van der Waals surface area contributed by atoms with Gasteiger partial charge in [0.15, 0.2) is 0 Å². The third-order valence-electron chi connectivity index (χ3n) is 4.16. The molecule has 1 fully saturated rings. The molecule has 0 aliphatic carbocycles. The van der Waals surface area contributed by atoms with Gasteiger partial charge in [-0.2, -0.15) is 0 Å². The highest BCUT2D eigenvalue weighted by Crippen LogP contribution is 2.39. The Morgan fingerprint density at radius 2 is 2.00 bits per heavy atom. The van der Waals surface area contributed by atoms with Gasteiger partial charge in [-0.05, 0) is 24.1 Å². The Bertz CT molecular complexity index is 456. The maximum Gasteiger partial charge on any atom is 0.0500 e. The second-order valence-electron chi connectivity index (χ2n) is 6.34. The summed E-state index contributed by atoms with van der Waals surface area (Å²) in [6.45, 7) is 10.5. The highest BCUT2D eigenvalue weighted by atomic mass is 35.5. The summed E-state index contributed by atoms with van der Waals surface area (Å²) in [6.07, 6.45) is 0. The van der Waals surface area contributed by atoms with Gasteiger partial charge in [-0.15, -0.1) is 0 Å². The molecule has 20 heavy (non-hydrogen) atoms. The highest BCUT2D eigenvalue weighted by Gasteiger charge is 2.35. The van der Waals surface area contributed by atoms with Gasteiger partial charge < -0.3 is 10.4 Å². The third-order valence-corrected chi connectivity index (χ3v) is 4.59. The molecule has 0 bridgehead atoms. The first-order valence-electron chi connectivity index (χ1n) is 7.27. The van der Waals surface area contributed by atoms with E-state index in [1.165, 1.54) is 5.56 Å². The molecule has 1 aromatic carbocycles. The lowest BCUT2D eigenvalue weighted by Gasteiger charge is -2.43. The first kappa shape index (κ1) is 15.8. The molecule has 1 aliphatic heterocycles. The number of benzene rings is 1. The van der Waals surface area contributed by atoms with E-state index in [2.05, 4.69) is 36.2 Å². The molecule has 4 heteroatoms. The van der Waals surface area contributed by atoms with Crippen LogP contribution in [0.1, 0.15) is 31.0 Å². The topological polar surface area (TPSA) is 35.5 Å². The molecular formula is C16H25ClN2O. The fraction of sp³-hybridized carbons (Fsp3) is 0.625. The molecule has 1 aromatic rings. The van der Waals surface area contributed by atoms with Crippen molar-refractivity contribution in [2.45, 2.75) is 26.8 Å². The van der Waals surface area contributed by atoms with Gasteiger partial charge in [0.05, 0.1) is 0 Å². The summed E-state index contributed by atoms with van der Waals surface area (Å²) >= 11 is 6.15. The van der Waals surface area contributed by atoms with Crippen LogP contribution < -0.4 is 5.32 Å². The van der Waals surface area contributed by atoms with Crippen molar-refractivity contribution in [1.29, 1.82) is 0 Å². The lowest BCUT2D eigenvalue weighted by molar-refractivity contribution is 0.0305. The summed E-state index contributed by atoms with van der Waals surface area (Å²) in [5.74, 6) is 0. The monoisotopic (exact) mass is 296 g/mol. The molecule has 0 saturated carbocycles. The van der Waals surface area contributed by atoms with Crippen molar-refractivity contribution in [3.05, 3.63) is 34.3 Å². The summed E-state index contributed by atoms with van der Waals surface area (Å²) in [4.78, 5) is 2.47. The standard InChI is InChI=1S/C16H25ClN2O/c1-12-10-13(4-5-14(12)17)15(16(2,3)11-20)19-8-6-18-7-9-19/h4-5,10,15,18,20H,6-9,11H2,1-3H3/t15-/m0/s1. The minimum absolute atomic E-state index is 0.170. The van der Waals surface area contributed by atoms with Gasteiger partial charge in [-0.25, -0.2) is 0 Å². The molecule has 0 spiro atoms. The summed E-state index contributed by atoms with van der Waals surface area (Å²) in [5, 5.41) is 14.0. The summed E-state index contributed by atoms with van der Waals surface area (Å²) in [6, 6.07) is 6.44. The second kappa shape index (κ2) is 6.44. The van der Waals surface area contributed by atoms with Crippen molar-refractivity contribution in [3.63, 3.8) is 0 Å². The van der Waals surface area contributed by atoms with Crippen molar-refractivity contribution in [1.82, 2.24) is 10.2 Å². The van der Waals surface area contributed by atoms with E-state index in [-0.39, 0.29) is 18.1 Å². The Balaban J connectivity index is 2.36. The van der Waals surface area contributed by atoms with Crippen molar-refractivity contribution in [3.8, 4) is 0 Å². The molecule has 1 heterocycles. The SMILES string of the molecule is Cc1cc([C@H](N2CCNCC2)C(C)(C)CO)ccc1Cl. The minimum Gasteiger partial charge on any atom is -0.396 e. The quantitative estimate of drug-likeness (QED) is 0.896. The Morgan fingerprint density at radius 1 is 1.35 bits per heavy atom. The molecule has 1 saturated heterocycles. The number of hydrogen-bond donors (Lipinski definition) is 2. The zero-order chi connectivity index (χ0) is 14.8. The largest absolute Gasteiger partial charge is 0.396 e. The number of piperazine rings is 1. The first-order valence-corrected chi connectivity index (χ1v) is 7.65. The first-order chi connectivity index (χ1) is 9.45. The van der Waals surface area contributed by atoms with Crippen LogP contribution in [-0.2, 0) is 0 Å². The van der Waals surface area contributed by atoms with E-state index < -0.39 is 0 Å². The Kier molecular flexibility index (Phi) is 5.08. The van der Waals surface area contributed by atoms with Gasteiger partial charge >= 0.3 is 0 Å². The van der Waals surface area contributed by atoms with Crippen LogP contribution in [0.15, 0.2) is 18.2 Å². The molecule has 1 atom stereocenters. The van der Waals surface area contributed by atoms with Gasteiger partial charge in [-0.1, -0.05) is 37.6 Å². The van der Waals surface area contributed by atoms with Crippen molar-refractivity contribution >= 4 is 11.6 Å². The zero-order valence-corrected chi connectivity index (χ0v) is 13.4. The average molecular weight is 297 g/mol. The Labute approximate surface area is 126 Å². The van der Waals surface area contributed by atoms with Crippen molar-refractivity contribution in [2.24, 2.45) is 5.41 Å². The number of nitrogens with one attached hydrogen (secondary N) is 1. The van der Waals surface area contributed by atoms with Crippen LogP contribution >= 0.6 is 11.6 Å². The number of aliphatic hydroxyl groups excluding tert-OH is 1. The van der Waals surface area contributed by atoms with Crippen LogP contribution in [0, 0.1) is 12.3 Å². The molecule has 3 nitrogen and oxygen atoms in total. The molecule has 1 aliphatic rings. The summed E-state index contributed by atoms with van der Waals surface area (Å²) in [7, 11) is 0. The fourth-order valence-electron chi connectivity index (χ4n) is 3.02. The predicted molar refractivity (Wildman–Crippen MR) is 84.2 cm³/mol. The summed E-state index contributed by atoms with van der Waals surface area (Å²) in [5.41, 5.74) is 2.16. The maximum atomic E-state index is 9.81. The predicted octanol–water partition coefficient (Wildman–Crippen LogP) is 2.61. The number of hydrogen-bond acceptors (Lipinski definition) is 3. The smallest absolute Gasteiger partial charge is 0.0500 e. The van der Waals surface area contributed by atoms with E-state index >= 15 is 0 Å². The molecule has 2 N–H and O–H groups in total. The number of rotatable bonds is 4. The zero-order valence-electron chi connectivity index (χ0n) is 12.6. The van der Waals surface area contributed by atoms with Crippen LogP contribution in [0.4, 0.5) is 0 Å². The van der Waals surface area contributed by atoms with Gasteiger partial charge in [0.1, 0.15) is 0 Å². The second-order valence-corrected chi connectivity index (χ2v) is 6.75. The molecule has 112 valence electrons. The fourth-order valence-corrected chi connectivity index (χ4v) is 3.14. The van der Waals surface area contributed by atoms with Crippen molar-refractivity contribution in [2.75, 3.05) is 32.8 Å². The maximum absolute atomic E-state index is 9.81. The van der Waals surface area contributed by atoms with E-state index in [0.29, 0.717) is 0 Å².